The highest BCUT2D eigenvalue weighted by Gasteiger charge is 2.33. The molecule has 0 spiro atoms. The number of hydrogen-bond donors (Lipinski definition) is 0. The monoisotopic (exact) mass is 286 g/mol. The molecule has 3 rings (SSSR count). The van der Waals surface area contributed by atoms with E-state index in [1.807, 2.05) is 12.1 Å². The molecule has 1 aliphatic carbocycles. The van der Waals surface area contributed by atoms with Gasteiger partial charge in [0.1, 0.15) is 11.6 Å². The van der Waals surface area contributed by atoms with Crippen LogP contribution in [0.25, 0.3) is 0 Å². The summed E-state index contributed by atoms with van der Waals surface area (Å²) >= 11 is 0. The zero-order valence-corrected chi connectivity index (χ0v) is 12.2. The SMILES string of the molecule is C[C@@H]1CCCC1C(c1cccc(F)c1)c1cccc(F)c1. The van der Waals surface area contributed by atoms with Crippen molar-refractivity contribution in [1.29, 1.82) is 0 Å². The first-order valence-electron chi connectivity index (χ1n) is 7.66. The third-order valence-corrected chi connectivity index (χ3v) is 4.77. The maximum atomic E-state index is 13.6. The van der Waals surface area contributed by atoms with E-state index in [0.29, 0.717) is 11.8 Å². The van der Waals surface area contributed by atoms with Crippen molar-refractivity contribution in [2.45, 2.75) is 32.1 Å². The highest BCUT2D eigenvalue weighted by molar-refractivity contribution is 5.34. The summed E-state index contributed by atoms with van der Waals surface area (Å²) in [7, 11) is 0. The van der Waals surface area contributed by atoms with Gasteiger partial charge in [-0.2, -0.15) is 0 Å². The largest absolute Gasteiger partial charge is 0.207 e. The van der Waals surface area contributed by atoms with E-state index in [1.165, 1.54) is 25.0 Å². The van der Waals surface area contributed by atoms with Crippen LogP contribution in [-0.4, -0.2) is 0 Å². The fourth-order valence-corrected chi connectivity index (χ4v) is 3.76. The van der Waals surface area contributed by atoms with Gasteiger partial charge in [-0.25, -0.2) is 8.78 Å². The molecule has 1 fully saturated rings. The number of hydrogen-bond acceptors (Lipinski definition) is 0. The predicted octanol–water partition coefficient (Wildman–Crippen LogP) is 5.53. The molecule has 0 N–H and O–H groups in total. The lowest BCUT2D eigenvalue weighted by molar-refractivity contribution is 0.375. The summed E-state index contributed by atoms with van der Waals surface area (Å²) in [6, 6.07) is 13.5. The molecular formula is C19H20F2. The Hall–Kier alpha value is -1.70. The molecule has 1 saturated carbocycles. The van der Waals surface area contributed by atoms with Crippen LogP contribution in [0.2, 0.25) is 0 Å². The summed E-state index contributed by atoms with van der Waals surface area (Å²) in [6.45, 7) is 2.25. The molecule has 21 heavy (non-hydrogen) atoms. The molecule has 2 aromatic carbocycles. The van der Waals surface area contributed by atoms with Gasteiger partial charge in [0.15, 0.2) is 0 Å². The first-order chi connectivity index (χ1) is 10.1. The van der Waals surface area contributed by atoms with Crippen LogP contribution >= 0.6 is 0 Å². The Bertz CT molecular complexity index is 575. The molecule has 0 aliphatic heterocycles. The van der Waals surface area contributed by atoms with E-state index in [0.717, 1.165) is 17.5 Å². The second-order valence-electron chi connectivity index (χ2n) is 6.16. The molecular weight excluding hydrogens is 266 g/mol. The highest BCUT2D eigenvalue weighted by atomic mass is 19.1. The maximum Gasteiger partial charge on any atom is 0.123 e. The summed E-state index contributed by atoms with van der Waals surface area (Å²) in [5.41, 5.74) is 1.92. The van der Waals surface area contributed by atoms with Gasteiger partial charge in [-0.3, -0.25) is 0 Å². The van der Waals surface area contributed by atoms with Gasteiger partial charge < -0.3 is 0 Å². The standard InChI is InChI=1S/C19H20F2/c1-13-5-2-10-18(13)19(14-6-3-8-16(20)11-14)15-7-4-9-17(21)12-15/h3-4,6-9,11-13,18-19H,2,5,10H2,1H3/t13-,18?/m1/s1. The van der Waals surface area contributed by atoms with Gasteiger partial charge in [0, 0.05) is 5.92 Å². The van der Waals surface area contributed by atoms with Crippen molar-refractivity contribution in [3.8, 4) is 0 Å². The fraction of sp³-hybridized carbons (Fsp3) is 0.368. The normalized spacial score (nSPS) is 21.9. The lowest BCUT2D eigenvalue weighted by Gasteiger charge is -2.28. The van der Waals surface area contributed by atoms with Crippen molar-refractivity contribution in [2.24, 2.45) is 11.8 Å². The Morgan fingerprint density at radius 2 is 1.48 bits per heavy atom. The molecule has 0 saturated heterocycles. The summed E-state index contributed by atoms with van der Waals surface area (Å²) in [5.74, 6) is 0.670. The molecule has 0 amide bonds. The molecule has 0 radical (unpaired) electrons. The molecule has 2 aromatic rings. The number of benzene rings is 2. The van der Waals surface area contributed by atoms with E-state index in [1.54, 1.807) is 24.3 Å². The third kappa shape index (κ3) is 2.99. The first kappa shape index (κ1) is 14.2. The van der Waals surface area contributed by atoms with E-state index in [2.05, 4.69) is 6.92 Å². The van der Waals surface area contributed by atoms with Gasteiger partial charge in [0.05, 0.1) is 0 Å². The summed E-state index contributed by atoms with van der Waals surface area (Å²) < 4.78 is 27.3. The zero-order valence-electron chi connectivity index (χ0n) is 12.2. The lowest BCUT2D eigenvalue weighted by Crippen LogP contribution is -2.17. The van der Waals surface area contributed by atoms with Crippen LogP contribution < -0.4 is 0 Å². The van der Waals surface area contributed by atoms with Crippen molar-refractivity contribution in [1.82, 2.24) is 0 Å². The van der Waals surface area contributed by atoms with Crippen LogP contribution in [-0.2, 0) is 0 Å². The van der Waals surface area contributed by atoms with E-state index >= 15 is 0 Å². The molecule has 110 valence electrons. The van der Waals surface area contributed by atoms with Gasteiger partial charge in [-0.05, 0) is 53.6 Å². The Labute approximate surface area is 124 Å². The number of halogens is 2. The summed E-state index contributed by atoms with van der Waals surface area (Å²) in [5, 5.41) is 0. The Kier molecular flexibility index (Phi) is 4.05. The van der Waals surface area contributed by atoms with E-state index in [4.69, 9.17) is 0 Å². The van der Waals surface area contributed by atoms with Crippen molar-refractivity contribution in [2.75, 3.05) is 0 Å². The minimum absolute atomic E-state index is 0.0777. The zero-order chi connectivity index (χ0) is 14.8. The van der Waals surface area contributed by atoms with Crippen LogP contribution in [0.1, 0.15) is 43.2 Å². The number of rotatable bonds is 3. The Morgan fingerprint density at radius 1 is 0.905 bits per heavy atom. The molecule has 1 unspecified atom stereocenters. The summed E-state index contributed by atoms with van der Waals surface area (Å²) in [6.07, 6.45) is 3.53. The minimum atomic E-state index is -0.223. The van der Waals surface area contributed by atoms with E-state index < -0.39 is 0 Å². The van der Waals surface area contributed by atoms with Crippen LogP contribution in [0.5, 0.6) is 0 Å². The average Bonchev–Trinajstić information content (AvgIpc) is 2.86. The van der Waals surface area contributed by atoms with Crippen molar-refractivity contribution in [3.05, 3.63) is 71.3 Å². The van der Waals surface area contributed by atoms with Crippen molar-refractivity contribution in [3.63, 3.8) is 0 Å². The Morgan fingerprint density at radius 3 is 1.90 bits per heavy atom. The van der Waals surface area contributed by atoms with Crippen LogP contribution in [0.4, 0.5) is 8.78 Å². The fourth-order valence-electron chi connectivity index (χ4n) is 3.76. The highest BCUT2D eigenvalue weighted by Crippen LogP contribution is 2.44. The van der Waals surface area contributed by atoms with Gasteiger partial charge >= 0.3 is 0 Å². The molecule has 1 aliphatic rings. The summed E-state index contributed by atoms with van der Waals surface area (Å²) in [4.78, 5) is 0. The van der Waals surface area contributed by atoms with Crippen molar-refractivity contribution >= 4 is 0 Å². The topological polar surface area (TPSA) is 0 Å². The predicted molar refractivity (Wildman–Crippen MR) is 81.1 cm³/mol. The Balaban J connectivity index is 2.06. The van der Waals surface area contributed by atoms with E-state index in [9.17, 15) is 8.78 Å². The van der Waals surface area contributed by atoms with Gasteiger partial charge in [-0.1, -0.05) is 44.0 Å². The quantitative estimate of drug-likeness (QED) is 0.695. The molecule has 0 aromatic heterocycles. The van der Waals surface area contributed by atoms with Crippen molar-refractivity contribution < 1.29 is 8.78 Å². The molecule has 2 heteroatoms. The minimum Gasteiger partial charge on any atom is -0.207 e. The molecule has 0 bridgehead atoms. The second-order valence-corrected chi connectivity index (χ2v) is 6.16. The van der Waals surface area contributed by atoms with Crippen LogP contribution in [0, 0.1) is 23.5 Å². The molecule has 2 atom stereocenters. The van der Waals surface area contributed by atoms with Crippen LogP contribution in [0.3, 0.4) is 0 Å². The van der Waals surface area contributed by atoms with Gasteiger partial charge in [0.2, 0.25) is 0 Å². The van der Waals surface area contributed by atoms with Crippen LogP contribution in [0.15, 0.2) is 48.5 Å². The second kappa shape index (κ2) is 5.97. The smallest absolute Gasteiger partial charge is 0.123 e. The molecule has 0 heterocycles. The molecule has 0 nitrogen and oxygen atoms in total. The van der Waals surface area contributed by atoms with Gasteiger partial charge in [0.25, 0.3) is 0 Å². The van der Waals surface area contributed by atoms with Gasteiger partial charge in [-0.15, -0.1) is 0 Å². The average molecular weight is 286 g/mol. The van der Waals surface area contributed by atoms with E-state index in [-0.39, 0.29) is 17.6 Å². The third-order valence-electron chi connectivity index (χ3n) is 4.77. The first-order valence-corrected chi connectivity index (χ1v) is 7.66. The maximum absolute atomic E-state index is 13.6. The lowest BCUT2D eigenvalue weighted by atomic mass is 9.76.